The molecule has 0 spiro atoms. The van der Waals surface area contributed by atoms with Crippen LogP contribution < -0.4 is 16.8 Å². The molecule has 0 amide bonds. The predicted octanol–water partition coefficient (Wildman–Crippen LogP) is 5.97. The second-order valence-corrected chi connectivity index (χ2v) is 10.6. The number of nitrogens with zero attached hydrogens (tertiary/aromatic N) is 1. The number of benzene rings is 2. The molecule has 40 heavy (non-hydrogen) atoms. The van der Waals surface area contributed by atoms with Crippen molar-refractivity contribution < 1.29 is 14.7 Å². The van der Waals surface area contributed by atoms with Gasteiger partial charge in [0.15, 0.2) is 5.96 Å². The number of carboxylic acids is 1. The summed E-state index contributed by atoms with van der Waals surface area (Å²) in [5.41, 5.74) is 13.0. The third-order valence-electron chi connectivity index (χ3n) is 7.37. The highest BCUT2D eigenvalue weighted by molar-refractivity contribution is 5.83. The Bertz CT molecular complexity index is 1260. The average Bonchev–Trinajstić information content (AvgIpc) is 3.46. The number of fused-ring (bicyclic) bond motifs is 1. The molecule has 3 unspecified atom stereocenters. The van der Waals surface area contributed by atoms with Crippen LogP contribution in [0.5, 0.6) is 0 Å². The summed E-state index contributed by atoms with van der Waals surface area (Å²) in [6.07, 6.45) is 12.0. The minimum atomic E-state index is -1.03. The summed E-state index contributed by atoms with van der Waals surface area (Å²) in [5, 5.41) is 15.5. The molecule has 0 aliphatic heterocycles. The number of aromatic nitrogens is 1. The number of aromatic amines is 1. The first-order chi connectivity index (χ1) is 19.4. The number of aliphatic imine (C=N–C) groups is 1. The fourth-order valence-corrected chi connectivity index (χ4v) is 5.14. The van der Waals surface area contributed by atoms with Gasteiger partial charge in [-0.15, -0.1) is 0 Å². The number of H-pyrrole nitrogens is 1. The molecule has 0 radical (unpaired) electrons. The molecule has 1 aromatic heterocycles. The van der Waals surface area contributed by atoms with Crippen molar-refractivity contribution in [3.8, 4) is 0 Å². The van der Waals surface area contributed by atoms with Crippen LogP contribution in [0.4, 0.5) is 5.82 Å². The second-order valence-electron chi connectivity index (χ2n) is 10.6. The van der Waals surface area contributed by atoms with Gasteiger partial charge < -0.3 is 31.7 Å². The Labute approximate surface area is 237 Å². The zero-order chi connectivity index (χ0) is 28.7. The van der Waals surface area contributed by atoms with Crippen molar-refractivity contribution in [2.75, 3.05) is 11.9 Å². The van der Waals surface area contributed by atoms with Crippen LogP contribution in [-0.4, -0.2) is 40.9 Å². The third-order valence-corrected chi connectivity index (χ3v) is 7.37. The van der Waals surface area contributed by atoms with Gasteiger partial charge in [0.2, 0.25) is 0 Å². The van der Waals surface area contributed by atoms with Gasteiger partial charge >= 0.3 is 5.97 Å². The Morgan fingerprint density at radius 2 is 1.73 bits per heavy atom. The Morgan fingerprint density at radius 3 is 2.40 bits per heavy atom. The van der Waals surface area contributed by atoms with E-state index in [1.54, 1.807) is 0 Å². The lowest BCUT2D eigenvalue weighted by molar-refractivity contribution is -0.131. The van der Waals surface area contributed by atoms with Gasteiger partial charge in [-0.2, -0.15) is 0 Å². The molecule has 1 heterocycles. The number of aldehydes is 1. The lowest BCUT2D eigenvalue weighted by Crippen LogP contribution is -2.28. The zero-order valence-electron chi connectivity index (χ0n) is 23.4. The maximum absolute atomic E-state index is 11.7. The van der Waals surface area contributed by atoms with Gasteiger partial charge in [-0.25, -0.2) is 9.79 Å². The van der Waals surface area contributed by atoms with E-state index in [9.17, 15) is 14.7 Å². The van der Waals surface area contributed by atoms with Crippen LogP contribution in [0.15, 0.2) is 77.4 Å². The fourth-order valence-electron chi connectivity index (χ4n) is 5.14. The van der Waals surface area contributed by atoms with Gasteiger partial charge in [0.25, 0.3) is 0 Å². The first-order valence-corrected chi connectivity index (χ1v) is 14.2. The van der Waals surface area contributed by atoms with Crippen molar-refractivity contribution in [1.29, 1.82) is 0 Å². The van der Waals surface area contributed by atoms with Crippen LogP contribution in [-0.2, 0) is 9.59 Å². The van der Waals surface area contributed by atoms with Crippen LogP contribution in [0.3, 0.4) is 0 Å². The Kier molecular flexibility index (Phi) is 12.3. The van der Waals surface area contributed by atoms with E-state index in [2.05, 4.69) is 57.8 Å². The van der Waals surface area contributed by atoms with Crippen molar-refractivity contribution in [2.24, 2.45) is 22.4 Å². The molecule has 3 atom stereocenters. The number of carboxylic acid groups (broad SMARTS) is 1. The summed E-state index contributed by atoms with van der Waals surface area (Å²) in [6.45, 7) is 2.08. The van der Waals surface area contributed by atoms with Crippen molar-refractivity contribution in [2.45, 2.75) is 70.3 Å². The number of aliphatic carboxylic acids is 1. The molecule has 8 nitrogen and oxygen atoms in total. The Balaban J connectivity index is 1.79. The molecular weight excluding hydrogens is 502 g/mol. The van der Waals surface area contributed by atoms with Crippen LogP contribution in [0, 0.1) is 5.92 Å². The van der Waals surface area contributed by atoms with Gasteiger partial charge in [0.05, 0.1) is 12.6 Å². The van der Waals surface area contributed by atoms with Gasteiger partial charge in [-0.3, -0.25) is 0 Å². The third kappa shape index (κ3) is 10.2. The summed E-state index contributed by atoms with van der Waals surface area (Å²) in [4.78, 5) is 29.9. The highest BCUT2D eigenvalue weighted by Gasteiger charge is 2.20. The summed E-state index contributed by atoms with van der Waals surface area (Å²) in [6, 6.07) is 18.6. The lowest BCUT2D eigenvalue weighted by Gasteiger charge is -2.25. The minimum Gasteiger partial charge on any atom is -0.478 e. The molecule has 0 saturated heterocycles. The summed E-state index contributed by atoms with van der Waals surface area (Å²) >= 11 is 0. The molecule has 0 fully saturated rings. The number of rotatable bonds is 18. The Hall–Kier alpha value is -4.07. The number of hydrogen-bond donors (Lipinski definition) is 5. The first kappa shape index (κ1) is 30.5. The zero-order valence-corrected chi connectivity index (χ0v) is 23.4. The monoisotopic (exact) mass is 545 g/mol. The van der Waals surface area contributed by atoms with Crippen LogP contribution >= 0.6 is 0 Å². The van der Waals surface area contributed by atoms with E-state index < -0.39 is 5.97 Å². The molecule has 0 bridgehead atoms. The van der Waals surface area contributed by atoms with E-state index in [0.717, 1.165) is 57.0 Å². The summed E-state index contributed by atoms with van der Waals surface area (Å²) in [5.74, 6) is 0.125. The smallest absolute Gasteiger partial charge is 0.328 e. The fraction of sp³-hybridized carbons (Fsp3) is 0.406. The molecule has 8 heteroatoms. The molecule has 0 saturated carbocycles. The van der Waals surface area contributed by atoms with Gasteiger partial charge in [0, 0.05) is 18.2 Å². The minimum absolute atomic E-state index is 0.0773. The average molecular weight is 546 g/mol. The number of guanidine groups is 1. The van der Waals surface area contributed by atoms with Gasteiger partial charge in [-0.1, -0.05) is 75.1 Å². The SMILES string of the molecule is CC(C=O)CCCCCCC(CCC(Nc1ccc[nH]1)C(=CC(=O)O)CN=C(N)N)c1ccc2ccccc2c1. The van der Waals surface area contributed by atoms with Crippen molar-refractivity contribution >= 4 is 34.8 Å². The summed E-state index contributed by atoms with van der Waals surface area (Å²) in [7, 11) is 0. The molecule has 0 aliphatic carbocycles. The number of anilines is 1. The maximum atomic E-state index is 11.7. The molecule has 2 aromatic carbocycles. The summed E-state index contributed by atoms with van der Waals surface area (Å²) < 4.78 is 0. The molecular formula is C32H43N5O3. The molecule has 3 rings (SSSR count). The number of carbonyl (C=O) groups excluding carboxylic acids is 1. The molecule has 0 aliphatic rings. The highest BCUT2D eigenvalue weighted by Crippen LogP contribution is 2.32. The lowest BCUT2D eigenvalue weighted by atomic mass is 9.85. The number of nitrogens with one attached hydrogen (secondary N) is 2. The van der Waals surface area contributed by atoms with Crippen LogP contribution in [0.2, 0.25) is 0 Å². The van der Waals surface area contributed by atoms with Crippen molar-refractivity contribution in [3.63, 3.8) is 0 Å². The number of hydrogen-bond acceptors (Lipinski definition) is 4. The van der Waals surface area contributed by atoms with Crippen molar-refractivity contribution in [1.82, 2.24) is 4.98 Å². The molecule has 7 N–H and O–H groups in total. The quantitative estimate of drug-likeness (QED) is 0.0437. The van der Waals surface area contributed by atoms with Gasteiger partial charge in [0.1, 0.15) is 12.1 Å². The van der Waals surface area contributed by atoms with E-state index in [-0.39, 0.29) is 24.5 Å². The van der Waals surface area contributed by atoms with Crippen LogP contribution in [0.25, 0.3) is 10.8 Å². The standard InChI is InChI=1S/C32H43N5O3/c1-23(22-38)9-4-2-3-5-10-25(27-15-14-24-11-6-7-12-26(24)19-27)16-17-29(37-30-13-8-18-35-30)28(20-31(39)40)21-36-32(33)34/h6-8,11-15,18-20,22-23,25,29,35,37H,2-5,9-10,16-17,21H2,1H3,(H,39,40)(H4,33,34,36). The predicted molar refractivity (Wildman–Crippen MR) is 163 cm³/mol. The van der Waals surface area contributed by atoms with E-state index in [1.165, 1.54) is 22.4 Å². The van der Waals surface area contributed by atoms with Crippen LogP contribution in [0.1, 0.15) is 69.8 Å². The van der Waals surface area contributed by atoms with Gasteiger partial charge in [-0.05, 0) is 65.6 Å². The van der Waals surface area contributed by atoms with E-state index >= 15 is 0 Å². The number of unbranched alkanes of at least 4 members (excludes halogenated alkanes) is 3. The van der Waals surface area contributed by atoms with Crippen molar-refractivity contribution in [3.05, 3.63) is 78.0 Å². The molecule has 214 valence electrons. The topological polar surface area (TPSA) is 147 Å². The number of nitrogens with two attached hydrogens (primary N) is 2. The van der Waals surface area contributed by atoms with E-state index in [0.29, 0.717) is 17.9 Å². The van der Waals surface area contributed by atoms with E-state index in [4.69, 9.17) is 11.5 Å². The second kappa shape index (κ2) is 16.1. The van der Waals surface area contributed by atoms with E-state index in [1.807, 2.05) is 25.3 Å². The molecule has 3 aromatic rings. The number of carbonyl (C=O) groups is 2. The Morgan fingerprint density at radius 1 is 0.975 bits per heavy atom. The first-order valence-electron chi connectivity index (χ1n) is 14.2. The largest absolute Gasteiger partial charge is 0.478 e. The maximum Gasteiger partial charge on any atom is 0.328 e. The normalized spacial score (nSPS) is 13.9. The highest BCUT2D eigenvalue weighted by atomic mass is 16.4.